The van der Waals surface area contributed by atoms with E-state index in [9.17, 15) is 0 Å². The Labute approximate surface area is 396 Å². The zero-order valence-corrected chi connectivity index (χ0v) is 38.3. The molecule has 0 saturated heterocycles. The predicted molar refractivity (Wildman–Crippen MR) is 281 cm³/mol. The second-order valence-corrected chi connectivity index (χ2v) is 19.9. The molecule has 1 unspecified atom stereocenters. The first-order valence-corrected chi connectivity index (χ1v) is 24.4. The van der Waals surface area contributed by atoms with E-state index < -0.39 is 0 Å². The van der Waals surface area contributed by atoms with Gasteiger partial charge in [0.1, 0.15) is 5.58 Å². The maximum Gasteiger partial charge on any atom is 0.231 e. The van der Waals surface area contributed by atoms with Crippen molar-refractivity contribution in [2.75, 3.05) is 0 Å². The number of hydrogen-bond acceptors (Lipinski definition) is 3. The van der Waals surface area contributed by atoms with Gasteiger partial charge in [0.2, 0.25) is 5.71 Å². The molecule has 0 saturated carbocycles. The van der Waals surface area contributed by atoms with E-state index >= 15 is 0 Å². The van der Waals surface area contributed by atoms with Crippen LogP contribution in [0.15, 0.2) is 198 Å². The molecule has 0 amide bonds. The van der Waals surface area contributed by atoms with Gasteiger partial charge >= 0.3 is 0 Å². The topological polar surface area (TPSA) is 43.9 Å². The molecule has 4 nitrogen and oxygen atoms in total. The number of furan rings is 1. The molecule has 7 aromatic carbocycles. The zero-order chi connectivity index (χ0) is 45.1. The van der Waals surface area contributed by atoms with E-state index in [0.29, 0.717) is 23.4 Å². The number of aromatic nitrogens is 3. The van der Waals surface area contributed by atoms with Gasteiger partial charge in [0.05, 0.1) is 22.1 Å². The van der Waals surface area contributed by atoms with Crippen molar-refractivity contribution < 1.29 is 4.42 Å². The van der Waals surface area contributed by atoms with Crippen LogP contribution in [0.25, 0.3) is 100 Å². The summed E-state index contributed by atoms with van der Waals surface area (Å²) < 4.78 is 9.12. The third-order valence-corrected chi connectivity index (χ3v) is 15.7. The van der Waals surface area contributed by atoms with E-state index in [1.165, 1.54) is 79.2 Å². The van der Waals surface area contributed by atoms with Gasteiger partial charge in [-0.05, 0) is 142 Å². The smallest absolute Gasteiger partial charge is 0.231 e. The summed E-state index contributed by atoms with van der Waals surface area (Å²) in [6.45, 7) is 4.63. The summed E-state index contributed by atoms with van der Waals surface area (Å²) in [6, 6.07) is 55.7. The minimum atomic E-state index is -0.135. The van der Waals surface area contributed by atoms with E-state index in [4.69, 9.17) is 14.4 Å². The summed E-state index contributed by atoms with van der Waals surface area (Å²) in [5.41, 5.74) is 21.3. The third kappa shape index (κ3) is 5.99. The summed E-state index contributed by atoms with van der Waals surface area (Å²) in [7, 11) is 0. The van der Waals surface area contributed by atoms with Gasteiger partial charge in [-0.25, -0.2) is 4.98 Å². The summed E-state index contributed by atoms with van der Waals surface area (Å²) in [5.74, 6) is 1.77. The molecule has 10 aromatic rings. The summed E-state index contributed by atoms with van der Waals surface area (Å²) in [5, 5.41) is 4.38. The molecule has 4 aliphatic carbocycles. The Bertz CT molecular complexity index is 3870. The predicted octanol–water partition coefficient (Wildman–Crippen LogP) is 16.9. The van der Waals surface area contributed by atoms with E-state index in [-0.39, 0.29) is 5.41 Å². The van der Waals surface area contributed by atoms with Crippen LogP contribution in [0.1, 0.15) is 74.1 Å². The van der Waals surface area contributed by atoms with Gasteiger partial charge in [-0.2, -0.15) is 4.98 Å². The Morgan fingerprint density at radius 3 is 2.34 bits per heavy atom. The molecule has 4 aliphatic rings. The molecule has 3 heterocycles. The van der Waals surface area contributed by atoms with Crippen molar-refractivity contribution in [3.63, 3.8) is 0 Å². The lowest BCUT2D eigenvalue weighted by molar-refractivity contribution is 0.538. The van der Waals surface area contributed by atoms with Crippen molar-refractivity contribution in [2.24, 2.45) is 5.92 Å². The maximum absolute atomic E-state index is 6.71. The average molecular weight is 876 g/mol. The number of rotatable bonds is 7. The van der Waals surface area contributed by atoms with E-state index in [0.717, 1.165) is 58.1 Å². The normalized spacial score (nSPS) is 17.7. The van der Waals surface area contributed by atoms with Crippen LogP contribution in [0.3, 0.4) is 0 Å². The summed E-state index contributed by atoms with van der Waals surface area (Å²) in [4.78, 5) is 10.6. The minimum absolute atomic E-state index is 0.135. The molecule has 0 aliphatic heterocycles. The van der Waals surface area contributed by atoms with Gasteiger partial charge in [-0.3, -0.25) is 0 Å². The monoisotopic (exact) mass is 875 g/mol. The van der Waals surface area contributed by atoms with Gasteiger partial charge in [0, 0.05) is 44.3 Å². The van der Waals surface area contributed by atoms with Gasteiger partial charge in [0.15, 0.2) is 5.82 Å². The molecular weight excluding hydrogens is 827 g/mol. The molecule has 2 atom stereocenters. The Morgan fingerprint density at radius 2 is 1.43 bits per heavy atom. The first-order valence-electron chi connectivity index (χ1n) is 24.4. The highest BCUT2D eigenvalue weighted by Crippen LogP contribution is 2.52. The lowest BCUT2D eigenvalue weighted by Gasteiger charge is -2.21. The van der Waals surface area contributed by atoms with Crippen LogP contribution in [0.2, 0.25) is 0 Å². The average Bonchev–Trinajstić information content (AvgIpc) is 4.10. The Hall–Kier alpha value is -7.82. The number of para-hydroxylation sites is 1. The molecule has 14 rings (SSSR count). The lowest BCUT2D eigenvalue weighted by atomic mass is 9.82. The van der Waals surface area contributed by atoms with Crippen LogP contribution in [0, 0.1) is 5.92 Å². The summed E-state index contributed by atoms with van der Waals surface area (Å²) in [6.07, 6.45) is 19.8. The van der Waals surface area contributed by atoms with Crippen molar-refractivity contribution in [3.8, 4) is 50.6 Å². The maximum atomic E-state index is 6.71. The molecule has 0 N–H and O–H groups in total. The minimum Gasteiger partial charge on any atom is -0.438 e. The number of fused-ring (bicyclic) bond motifs is 11. The fourth-order valence-corrected chi connectivity index (χ4v) is 12.3. The quantitative estimate of drug-likeness (QED) is 0.160. The number of hydrogen-bond donors (Lipinski definition) is 0. The largest absolute Gasteiger partial charge is 0.438 e. The van der Waals surface area contributed by atoms with Gasteiger partial charge in [0.25, 0.3) is 0 Å². The van der Waals surface area contributed by atoms with Crippen LogP contribution in [0.4, 0.5) is 0 Å². The molecule has 3 aromatic heterocycles. The molecule has 4 heteroatoms. The highest BCUT2D eigenvalue weighted by atomic mass is 16.3. The number of benzene rings is 7. The second kappa shape index (κ2) is 15.1. The molecule has 0 bridgehead atoms. The van der Waals surface area contributed by atoms with Crippen LogP contribution in [0.5, 0.6) is 0 Å². The molecular formula is C64H49N3O. The zero-order valence-electron chi connectivity index (χ0n) is 38.3. The first-order chi connectivity index (χ1) is 33.5. The summed E-state index contributed by atoms with van der Waals surface area (Å²) >= 11 is 0. The van der Waals surface area contributed by atoms with Crippen molar-refractivity contribution in [1.82, 2.24) is 14.5 Å². The van der Waals surface area contributed by atoms with Crippen LogP contribution in [-0.4, -0.2) is 14.5 Å². The highest BCUT2D eigenvalue weighted by Gasteiger charge is 2.36. The molecule has 0 spiro atoms. The highest BCUT2D eigenvalue weighted by molar-refractivity contribution is 6.13. The Kier molecular flexibility index (Phi) is 8.74. The van der Waals surface area contributed by atoms with Crippen molar-refractivity contribution in [2.45, 2.75) is 57.3 Å². The van der Waals surface area contributed by atoms with Crippen molar-refractivity contribution >= 4 is 49.4 Å². The fourth-order valence-electron chi connectivity index (χ4n) is 12.3. The molecule has 326 valence electrons. The number of allylic oxidation sites excluding steroid dienone is 8. The molecule has 0 fully saturated rings. The second-order valence-electron chi connectivity index (χ2n) is 19.9. The number of nitrogens with zero attached hydrogens (tertiary/aromatic N) is 3. The SMILES string of the molecule is CC1(C)c2ccccc2-c2ccc(-c3nc(-c4ccccc4)c4c(n3)oc3ccc(-n5c6ccccc6c6cc(-c7ccc8c(c7)C7=C(C=CCC7)[C@@H]8CCC7C=CC=CC7)ccc65)cc34)cc21. The Balaban J connectivity index is 0.871. The van der Waals surface area contributed by atoms with Crippen molar-refractivity contribution in [3.05, 3.63) is 216 Å². The van der Waals surface area contributed by atoms with E-state index in [2.05, 4.69) is 207 Å². The van der Waals surface area contributed by atoms with E-state index in [1.54, 1.807) is 11.1 Å². The molecule has 68 heavy (non-hydrogen) atoms. The van der Waals surface area contributed by atoms with Crippen LogP contribution >= 0.6 is 0 Å². The molecule has 0 radical (unpaired) electrons. The van der Waals surface area contributed by atoms with Crippen molar-refractivity contribution in [1.29, 1.82) is 0 Å². The standard InChI is InChI=1S/C64H49N3O/c1-64(2)55-23-13-11-21-49(55)50-32-27-43(37-56(50)64)62-65-61(40-17-7-4-8-18-40)60-54-38-44(29-34-59(54)68-63(60)66-62)67-57-24-14-12-22-51(57)53-36-42(28-33-58(53)67)41-26-31-48-47(30-25-39-15-5-3-6-16-39)45-19-9-10-20-46(45)52(48)35-41/h3-9,11-15,17-19,21-24,26-29,31-39,47H,10,16,20,25,30H2,1-2H3/t39?,47-/m0/s1. The van der Waals surface area contributed by atoms with Gasteiger partial charge in [-0.1, -0.05) is 153 Å². The van der Waals surface area contributed by atoms with E-state index in [1.807, 2.05) is 0 Å². The first kappa shape index (κ1) is 39.4. The lowest BCUT2D eigenvalue weighted by Crippen LogP contribution is -2.15. The van der Waals surface area contributed by atoms with Gasteiger partial charge < -0.3 is 8.98 Å². The fraction of sp³-hybridized carbons (Fsp3) is 0.156. The van der Waals surface area contributed by atoms with Gasteiger partial charge in [-0.15, -0.1) is 0 Å². The third-order valence-electron chi connectivity index (χ3n) is 15.7. The van der Waals surface area contributed by atoms with Crippen LogP contribution in [-0.2, 0) is 5.41 Å². The Morgan fingerprint density at radius 1 is 0.618 bits per heavy atom. The van der Waals surface area contributed by atoms with Crippen LogP contribution < -0.4 is 0 Å².